The quantitative estimate of drug-likeness (QED) is 0.204. The van der Waals surface area contributed by atoms with E-state index in [1.54, 1.807) is 52.1 Å². The molecule has 4 atom stereocenters. The molecule has 2 aliphatic rings. The van der Waals surface area contributed by atoms with E-state index in [-0.39, 0.29) is 48.4 Å². The summed E-state index contributed by atoms with van der Waals surface area (Å²) in [7, 11) is 1.56. The maximum absolute atomic E-state index is 14.2. The Hall–Kier alpha value is -5.23. The Kier molecular flexibility index (Phi) is 9.53. The van der Waals surface area contributed by atoms with Crippen LogP contribution in [-0.2, 0) is 27.2 Å². The van der Waals surface area contributed by atoms with E-state index in [9.17, 15) is 19.2 Å². The number of hydrogen-bond donors (Lipinski definition) is 3. The molecule has 7 rings (SSSR count). The normalized spacial score (nSPS) is 19.4. The number of halogens is 1. The number of carbonyl (C=O) groups excluding carboxylic acids is 4. The van der Waals surface area contributed by atoms with Crippen molar-refractivity contribution in [2.45, 2.75) is 31.7 Å². The molecule has 2 aromatic carbocycles. The first-order valence-electron chi connectivity index (χ1n) is 16.9. The second-order valence-corrected chi connectivity index (χ2v) is 13.7. The van der Waals surface area contributed by atoms with Crippen LogP contribution in [0, 0.1) is 17.8 Å². The average Bonchev–Trinajstić information content (AvgIpc) is 3.87. The van der Waals surface area contributed by atoms with Crippen molar-refractivity contribution in [1.29, 1.82) is 0 Å². The monoisotopic (exact) mass is 694 g/mol. The number of aryl methyl sites for hydroxylation is 1. The van der Waals surface area contributed by atoms with E-state index < -0.39 is 12.0 Å². The number of piperidine rings is 1. The third-order valence-corrected chi connectivity index (χ3v) is 10.3. The molecule has 3 N–H and O–H groups in total. The van der Waals surface area contributed by atoms with Crippen LogP contribution in [-0.4, -0.2) is 92.0 Å². The zero-order valence-electron chi connectivity index (χ0n) is 27.7. The van der Waals surface area contributed by atoms with E-state index >= 15 is 0 Å². The first kappa shape index (κ1) is 33.3. The smallest absolute Gasteiger partial charge is 0.274 e. The molecule has 0 spiro atoms. The molecule has 13 heteroatoms. The highest BCUT2D eigenvalue weighted by atomic mass is 35.5. The number of aromatic amines is 1. The van der Waals surface area contributed by atoms with Crippen molar-refractivity contribution < 1.29 is 19.2 Å². The van der Waals surface area contributed by atoms with Crippen molar-refractivity contribution >= 4 is 51.8 Å². The first-order valence-corrected chi connectivity index (χ1v) is 17.3. The molecule has 0 saturated carbocycles. The SMILES string of the molecule is CNC(=O)[C@H](CCCc1ccccc1)NC(=O)C1CN(C(=O)Cc2c[nH]c3cc(Cl)ccc23)CC2CN(C(=O)c3cn4ccncc4n3)CC21. The van der Waals surface area contributed by atoms with E-state index in [1.165, 1.54) is 0 Å². The maximum atomic E-state index is 14.2. The highest BCUT2D eigenvalue weighted by Gasteiger charge is 2.48. The minimum absolute atomic E-state index is 0.111. The number of fused-ring (bicyclic) bond motifs is 3. The number of nitrogens with zero attached hydrogens (tertiary/aromatic N) is 5. The molecule has 0 bridgehead atoms. The summed E-state index contributed by atoms with van der Waals surface area (Å²) in [5.41, 5.74) is 3.70. The molecule has 2 fully saturated rings. The van der Waals surface area contributed by atoms with Crippen LogP contribution in [0.3, 0.4) is 0 Å². The van der Waals surface area contributed by atoms with Gasteiger partial charge in [0.05, 0.1) is 18.5 Å². The molecule has 5 heterocycles. The maximum Gasteiger partial charge on any atom is 0.274 e. The number of aromatic nitrogens is 4. The molecule has 3 unspecified atom stereocenters. The second-order valence-electron chi connectivity index (χ2n) is 13.2. The molecule has 0 aliphatic carbocycles. The van der Waals surface area contributed by atoms with Crippen LogP contribution in [0.15, 0.2) is 79.5 Å². The van der Waals surface area contributed by atoms with Gasteiger partial charge in [0.25, 0.3) is 5.91 Å². The number of hydrogen-bond acceptors (Lipinski definition) is 6. The van der Waals surface area contributed by atoms with E-state index in [0.717, 1.165) is 28.5 Å². The van der Waals surface area contributed by atoms with E-state index in [4.69, 9.17) is 11.6 Å². The number of likely N-dealkylation sites (tertiary alicyclic amines) is 2. The molecule has 12 nitrogen and oxygen atoms in total. The fourth-order valence-electron chi connectivity index (χ4n) is 7.49. The summed E-state index contributed by atoms with van der Waals surface area (Å²) in [6.45, 7) is 1.32. The second kappa shape index (κ2) is 14.3. The van der Waals surface area contributed by atoms with Gasteiger partial charge in [-0.15, -0.1) is 0 Å². The summed E-state index contributed by atoms with van der Waals surface area (Å²) in [5.74, 6) is -1.86. The lowest BCUT2D eigenvalue weighted by atomic mass is 9.79. The summed E-state index contributed by atoms with van der Waals surface area (Å²) in [5, 5.41) is 7.24. The van der Waals surface area contributed by atoms with Gasteiger partial charge in [0.15, 0.2) is 5.65 Å². The standard InChI is InChI=1S/C37H39ClN8O4/c1-39-36(49)30(9-5-8-23-6-3-2-4-7-23)43-35(48)29-21-45(34(47)14-24-16-41-31-15-26(38)10-11-27(24)31)18-25-19-46(20-28(25)29)37(50)32-22-44-13-12-40-17-33(44)42-32/h2-4,6-7,10-13,15-17,22,25,28-30,41H,5,8-9,14,18-21H2,1H3,(H,39,49)(H,43,48)/t25?,28?,29?,30-/m0/s1. The zero-order valence-corrected chi connectivity index (χ0v) is 28.5. The third-order valence-electron chi connectivity index (χ3n) is 10.1. The van der Waals surface area contributed by atoms with E-state index in [0.29, 0.717) is 48.8 Å². The molecular weight excluding hydrogens is 656 g/mol. The number of rotatable bonds is 10. The van der Waals surface area contributed by atoms with Gasteiger partial charge in [-0.25, -0.2) is 4.98 Å². The molecule has 3 aromatic heterocycles. The topological polar surface area (TPSA) is 145 Å². The van der Waals surface area contributed by atoms with Gasteiger partial charge in [0.1, 0.15) is 11.7 Å². The lowest BCUT2D eigenvalue weighted by Gasteiger charge is -2.40. The first-order chi connectivity index (χ1) is 24.3. The van der Waals surface area contributed by atoms with Crippen molar-refractivity contribution in [3.8, 4) is 0 Å². The largest absolute Gasteiger partial charge is 0.361 e. The zero-order chi connectivity index (χ0) is 34.8. The molecule has 2 aliphatic heterocycles. The summed E-state index contributed by atoms with van der Waals surface area (Å²) >= 11 is 6.17. The van der Waals surface area contributed by atoms with Crippen LogP contribution in [0.2, 0.25) is 5.02 Å². The van der Waals surface area contributed by atoms with Gasteiger partial charge in [0, 0.05) is 73.9 Å². The number of H-pyrrole nitrogens is 1. The fourth-order valence-corrected chi connectivity index (χ4v) is 7.66. The van der Waals surface area contributed by atoms with Crippen molar-refractivity contribution in [3.63, 3.8) is 0 Å². The number of benzene rings is 2. The van der Waals surface area contributed by atoms with Crippen molar-refractivity contribution in [2.75, 3.05) is 33.2 Å². The van der Waals surface area contributed by atoms with Crippen LogP contribution in [0.25, 0.3) is 16.6 Å². The van der Waals surface area contributed by atoms with Gasteiger partial charge >= 0.3 is 0 Å². The molecule has 5 aromatic rings. The third kappa shape index (κ3) is 6.93. The van der Waals surface area contributed by atoms with Gasteiger partial charge in [-0.2, -0.15) is 0 Å². The number of nitrogens with one attached hydrogen (secondary N) is 3. The lowest BCUT2D eigenvalue weighted by Crippen LogP contribution is -2.56. The van der Waals surface area contributed by atoms with Gasteiger partial charge in [-0.1, -0.05) is 48.0 Å². The Labute approximate surface area is 294 Å². The molecule has 50 heavy (non-hydrogen) atoms. The minimum atomic E-state index is -0.732. The average molecular weight is 695 g/mol. The van der Waals surface area contributed by atoms with Crippen molar-refractivity contribution in [2.24, 2.45) is 17.8 Å². The van der Waals surface area contributed by atoms with Crippen molar-refractivity contribution in [3.05, 3.63) is 101 Å². The van der Waals surface area contributed by atoms with Crippen molar-refractivity contribution in [1.82, 2.24) is 39.8 Å². The summed E-state index contributed by atoms with van der Waals surface area (Å²) in [6.07, 6.45) is 10.5. The van der Waals surface area contributed by atoms with Crippen LogP contribution in [0.5, 0.6) is 0 Å². The Morgan fingerprint density at radius 1 is 1.04 bits per heavy atom. The summed E-state index contributed by atoms with van der Waals surface area (Å²) in [4.78, 5) is 70.1. The predicted molar refractivity (Wildman–Crippen MR) is 188 cm³/mol. The number of likely N-dealkylation sites (N-methyl/N-ethyl adjacent to an activating group) is 1. The molecule has 2 saturated heterocycles. The number of amides is 4. The fraction of sp³-hybridized carbons (Fsp3) is 0.351. The highest BCUT2D eigenvalue weighted by molar-refractivity contribution is 6.31. The van der Waals surface area contributed by atoms with Crippen LogP contribution < -0.4 is 10.6 Å². The Bertz CT molecular complexity index is 2010. The minimum Gasteiger partial charge on any atom is -0.361 e. The van der Waals surface area contributed by atoms with E-state index in [1.807, 2.05) is 48.7 Å². The molecular formula is C37H39ClN8O4. The van der Waals surface area contributed by atoms with Crippen LogP contribution >= 0.6 is 11.6 Å². The molecule has 4 amide bonds. The summed E-state index contributed by atoms with van der Waals surface area (Å²) < 4.78 is 1.75. The van der Waals surface area contributed by atoms with Crippen LogP contribution in [0.4, 0.5) is 0 Å². The Balaban J connectivity index is 1.11. The van der Waals surface area contributed by atoms with Gasteiger partial charge in [0.2, 0.25) is 17.7 Å². The molecule has 258 valence electrons. The van der Waals surface area contributed by atoms with Crippen LogP contribution in [0.1, 0.15) is 34.5 Å². The predicted octanol–water partition coefficient (Wildman–Crippen LogP) is 3.51. The number of imidazole rings is 1. The Morgan fingerprint density at radius 2 is 1.86 bits per heavy atom. The van der Waals surface area contributed by atoms with Gasteiger partial charge in [-0.3, -0.25) is 24.2 Å². The number of carbonyl (C=O) groups is 4. The van der Waals surface area contributed by atoms with Gasteiger partial charge < -0.3 is 29.8 Å². The lowest BCUT2D eigenvalue weighted by molar-refractivity contribution is -0.140. The van der Waals surface area contributed by atoms with Gasteiger partial charge in [-0.05, 0) is 54.4 Å². The van der Waals surface area contributed by atoms with E-state index in [2.05, 4.69) is 25.6 Å². The highest BCUT2D eigenvalue weighted by Crippen LogP contribution is 2.37. The molecule has 0 radical (unpaired) electrons. The Morgan fingerprint density at radius 3 is 2.66 bits per heavy atom. The summed E-state index contributed by atoms with van der Waals surface area (Å²) in [6, 6.07) is 14.8.